The van der Waals surface area contributed by atoms with E-state index in [1.54, 1.807) is 0 Å². The molecule has 3 aromatic rings. The Bertz CT molecular complexity index is 808. The van der Waals surface area contributed by atoms with Crippen LogP contribution in [0.5, 0.6) is 0 Å². The van der Waals surface area contributed by atoms with Crippen LogP contribution in [-0.2, 0) is 13.6 Å². The number of hydrogen-bond acceptors (Lipinski definition) is 4. The van der Waals surface area contributed by atoms with Gasteiger partial charge in [0.15, 0.2) is 0 Å². The molecule has 0 aliphatic carbocycles. The molecule has 0 amide bonds. The molecule has 23 heavy (non-hydrogen) atoms. The van der Waals surface area contributed by atoms with Gasteiger partial charge in [0.2, 0.25) is 0 Å². The smallest absolute Gasteiger partial charge is 0.0706 e. The van der Waals surface area contributed by atoms with Gasteiger partial charge in [-0.25, -0.2) is 4.52 Å². The van der Waals surface area contributed by atoms with Crippen LogP contribution in [0, 0.1) is 5.92 Å². The molecule has 2 atom stereocenters. The van der Waals surface area contributed by atoms with E-state index < -0.39 is 0 Å². The van der Waals surface area contributed by atoms with Crippen LogP contribution in [0.3, 0.4) is 0 Å². The fraction of sp³-hybridized carbons (Fsp3) is 0.412. The van der Waals surface area contributed by atoms with Crippen LogP contribution in [0.25, 0.3) is 5.52 Å². The fourth-order valence-corrected chi connectivity index (χ4v) is 3.63. The summed E-state index contributed by atoms with van der Waals surface area (Å²) in [5.41, 5.74) is 3.60. The van der Waals surface area contributed by atoms with Gasteiger partial charge in [-0.3, -0.25) is 9.58 Å². The minimum atomic E-state index is 0.213. The molecule has 3 aromatic heterocycles. The summed E-state index contributed by atoms with van der Waals surface area (Å²) in [6.07, 6.45) is 7.90. The topological polar surface area (TPSA) is 58.6 Å². The highest BCUT2D eigenvalue weighted by atomic mass is 16.3. The predicted molar refractivity (Wildman–Crippen MR) is 87.0 cm³/mol. The molecule has 4 heterocycles. The summed E-state index contributed by atoms with van der Waals surface area (Å²) in [6, 6.07) is 6.12. The van der Waals surface area contributed by atoms with Crippen molar-refractivity contribution in [3.8, 4) is 0 Å². The molecule has 0 radical (unpaired) electrons. The van der Waals surface area contributed by atoms with E-state index in [2.05, 4.69) is 27.4 Å². The van der Waals surface area contributed by atoms with E-state index in [0.29, 0.717) is 5.92 Å². The van der Waals surface area contributed by atoms with Gasteiger partial charge in [0, 0.05) is 63.1 Å². The third-order valence-electron chi connectivity index (χ3n) is 4.80. The Kier molecular flexibility index (Phi) is 3.63. The maximum atomic E-state index is 9.75. The second-order valence-corrected chi connectivity index (χ2v) is 6.39. The van der Waals surface area contributed by atoms with Gasteiger partial charge in [-0.15, -0.1) is 0 Å². The largest absolute Gasteiger partial charge is 0.396 e. The lowest BCUT2D eigenvalue weighted by Crippen LogP contribution is -2.20. The first kappa shape index (κ1) is 14.4. The third kappa shape index (κ3) is 2.64. The molecule has 6 nitrogen and oxygen atoms in total. The van der Waals surface area contributed by atoms with Gasteiger partial charge in [-0.1, -0.05) is 6.07 Å². The summed E-state index contributed by atoms with van der Waals surface area (Å²) in [5.74, 6) is 0.608. The number of aryl methyl sites for hydroxylation is 1. The summed E-state index contributed by atoms with van der Waals surface area (Å²) in [4.78, 5) is 2.41. The van der Waals surface area contributed by atoms with Crippen molar-refractivity contribution in [2.24, 2.45) is 13.0 Å². The van der Waals surface area contributed by atoms with Gasteiger partial charge in [-0.05, 0) is 17.7 Å². The first-order valence-corrected chi connectivity index (χ1v) is 7.97. The van der Waals surface area contributed by atoms with Crippen molar-refractivity contribution in [3.05, 3.63) is 54.1 Å². The number of fused-ring (bicyclic) bond motifs is 1. The fourth-order valence-electron chi connectivity index (χ4n) is 3.63. The molecule has 4 rings (SSSR count). The molecule has 0 saturated carbocycles. The van der Waals surface area contributed by atoms with Crippen LogP contribution < -0.4 is 0 Å². The molecule has 6 heteroatoms. The number of aliphatic hydroxyl groups is 1. The molecule has 0 unspecified atom stereocenters. The lowest BCUT2D eigenvalue weighted by Gasteiger charge is -2.14. The molecule has 0 bridgehead atoms. The minimum Gasteiger partial charge on any atom is -0.396 e. The van der Waals surface area contributed by atoms with Gasteiger partial charge >= 0.3 is 0 Å². The maximum absolute atomic E-state index is 9.75. The van der Waals surface area contributed by atoms with E-state index in [4.69, 9.17) is 0 Å². The zero-order valence-electron chi connectivity index (χ0n) is 13.2. The zero-order valence-corrected chi connectivity index (χ0v) is 13.2. The quantitative estimate of drug-likeness (QED) is 0.788. The van der Waals surface area contributed by atoms with Crippen LogP contribution in [0.4, 0.5) is 0 Å². The summed E-state index contributed by atoms with van der Waals surface area (Å²) in [7, 11) is 1.93. The number of likely N-dealkylation sites (tertiary alicyclic amines) is 1. The van der Waals surface area contributed by atoms with E-state index in [1.807, 2.05) is 47.0 Å². The highest BCUT2D eigenvalue weighted by Crippen LogP contribution is 2.33. The average Bonchev–Trinajstić information content (AvgIpc) is 3.26. The Morgan fingerprint density at radius 2 is 2.13 bits per heavy atom. The van der Waals surface area contributed by atoms with E-state index in [-0.39, 0.29) is 12.5 Å². The number of aromatic nitrogens is 4. The molecule has 120 valence electrons. The van der Waals surface area contributed by atoms with Crippen LogP contribution in [0.1, 0.15) is 17.0 Å². The molecule has 1 fully saturated rings. The second kappa shape index (κ2) is 5.79. The molecular weight excluding hydrogens is 290 g/mol. The van der Waals surface area contributed by atoms with E-state index >= 15 is 0 Å². The van der Waals surface area contributed by atoms with Crippen LogP contribution in [0.2, 0.25) is 0 Å². The number of rotatable bonds is 4. The molecule has 1 aliphatic heterocycles. The molecule has 0 spiro atoms. The molecule has 1 saturated heterocycles. The number of pyridine rings is 1. The van der Waals surface area contributed by atoms with Crippen molar-refractivity contribution < 1.29 is 5.11 Å². The maximum Gasteiger partial charge on any atom is 0.0706 e. The lowest BCUT2D eigenvalue weighted by molar-refractivity contribution is 0.214. The van der Waals surface area contributed by atoms with Crippen molar-refractivity contribution in [3.63, 3.8) is 0 Å². The number of nitrogens with zero attached hydrogens (tertiary/aromatic N) is 5. The summed E-state index contributed by atoms with van der Waals surface area (Å²) in [6.45, 7) is 2.92. The van der Waals surface area contributed by atoms with Crippen LogP contribution in [-0.4, -0.2) is 49.1 Å². The highest BCUT2D eigenvalue weighted by Gasteiger charge is 2.34. The molecular formula is C17H21N5O. The van der Waals surface area contributed by atoms with Crippen LogP contribution >= 0.6 is 0 Å². The normalized spacial score (nSPS) is 22.2. The van der Waals surface area contributed by atoms with Crippen molar-refractivity contribution in [1.82, 2.24) is 24.3 Å². The second-order valence-electron chi connectivity index (χ2n) is 6.39. The van der Waals surface area contributed by atoms with Gasteiger partial charge < -0.3 is 5.11 Å². The van der Waals surface area contributed by atoms with Crippen molar-refractivity contribution in [2.75, 3.05) is 19.7 Å². The predicted octanol–water partition coefficient (Wildman–Crippen LogP) is 1.28. The SMILES string of the molecule is Cn1cc([C@@H]2CN(Cc3cnn4ccccc34)C[C@H]2CO)cn1. The summed E-state index contributed by atoms with van der Waals surface area (Å²) >= 11 is 0. The van der Waals surface area contributed by atoms with Crippen molar-refractivity contribution >= 4 is 5.52 Å². The Hall–Kier alpha value is -2.18. The molecule has 0 aromatic carbocycles. The summed E-state index contributed by atoms with van der Waals surface area (Å²) < 4.78 is 3.74. The summed E-state index contributed by atoms with van der Waals surface area (Å²) in [5, 5.41) is 18.4. The van der Waals surface area contributed by atoms with Gasteiger partial charge in [0.05, 0.1) is 17.9 Å². The van der Waals surface area contributed by atoms with Gasteiger partial charge in [0.1, 0.15) is 0 Å². The Morgan fingerprint density at radius 3 is 2.91 bits per heavy atom. The van der Waals surface area contributed by atoms with Gasteiger partial charge in [0.25, 0.3) is 0 Å². The third-order valence-corrected chi connectivity index (χ3v) is 4.80. The zero-order chi connectivity index (χ0) is 15.8. The Balaban J connectivity index is 1.54. The Labute approximate surface area is 135 Å². The Morgan fingerprint density at radius 1 is 1.22 bits per heavy atom. The van der Waals surface area contributed by atoms with Crippen molar-refractivity contribution in [2.45, 2.75) is 12.5 Å². The van der Waals surface area contributed by atoms with E-state index in [1.165, 1.54) is 11.1 Å². The lowest BCUT2D eigenvalue weighted by atomic mass is 9.92. The molecule has 1 N–H and O–H groups in total. The van der Waals surface area contributed by atoms with Crippen LogP contribution in [0.15, 0.2) is 43.0 Å². The first-order valence-electron chi connectivity index (χ1n) is 7.97. The standard InChI is InChI=1S/C17H21N5O/c1-20-8-13(6-18-20)16-11-21(10-15(16)12-23)9-14-7-19-22-5-3-2-4-17(14)22/h2-8,15-16,23H,9-12H2,1H3/t15-,16-/m0/s1. The monoisotopic (exact) mass is 311 g/mol. The average molecular weight is 311 g/mol. The van der Waals surface area contributed by atoms with Gasteiger partial charge in [-0.2, -0.15) is 10.2 Å². The molecule has 1 aliphatic rings. The minimum absolute atomic E-state index is 0.213. The first-order chi connectivity index (χ1) is 11.2. The number of aliphatic hydroxyl groups excluding tert-OH is 1. The van der Waals surface area contributed by atoms with E-state index in [0.717, 1.165) is 25.2 Å². The highest BCUT2D eigenvalue weighted by molar-refractivity contribution is 5.53. The van der Waals surface area contributed by atoms with E-state index in [9.17, 15) is 5.11 Å². The number of hydrogen-bond donors (Lipinski definition) is 1. The van der Waals surface area contributed by atoms with Crippen molar-refractivity contribution in [1.29, 1.82) is 0 Å².